The number of allylic oxidation sites excluding steroid dienone is 1. The van der Waals surface area contributed by atoms with E-state index >= 15 is 0 Å². The maximum atomic E-state index is 12.5. The quantitative estimate of drug-likeness (QED) is 0.369. The van der Waals surface area contributed by atoms with Gasteiger partial charge in [0.15, 0.2) is 0 Å². The second-order valence-corrected chi connectivity index (χ2v) is 5.39. The second kappa shape index (κ2) is 7.81. The predicted molar refractivity (Wildman–Crippen MR) is 100.0 cm³/mol. The first kappa shape index (κ1) is 18.5. The number of carbonyl (C=O) groups excluding carboxylic acids is 1. The molecule has 6 N–H and O–H groups in total. The summed E-state index contributed by atoms with van der Waals surface area (Å²) in [5, 5.41) is 20.0. The number of benzene rings is 1. The molecule has 0 bridgehead atoms. The number of hydrogen-bond donors (Lipinski definition) is 4. The fourth-order valence-corrected chi connectivity index (χ4v) is 2.30. The highest BCUT2D eigenvalue weighted by molar-refractivity contribution is 6.30. The Morgan fingerprint density at radius 2 is 2.12 bits per heavy atom. The van der Waals surface area contributed by atoms with E-state index in [-0.39, 0.29) is 22.7 Å². The van der Waals surface area contributed by atoms with Gasteiger partial charge in [-0.3, -0.25) is 15.2 Å². The van der Waals surface area contributed by atoms with Crippen molar-refractivity contribution in [1.29, 1.82) is 10.7 Å². The summed E-state index contributed by atoms with van der Waals surface area (Å²) in [7, 11) is 1.41. The van der Waals surface area contributed by atoms with Crippen molar-refractivity contribution in [2.24, 2.45) is 10.7 Å². The third-order valence-electron chi connectivity index (χ3n) is 3.58. The molecule has 26 heavy (non-hydrogen) atoms. The van der Waals surface area contributed by atoms with Gasteiger partial charge in [-0.2, -0.15) is 5.26 Å². The minimum atomic E-state index is -0.572. The van der Waals surface area contributed by atoms with Crippen LogP contribution in [0.2, 0.25) is 0 Å². The van der Waals surface area contributed by atoms with Gasteiger partial charge in [0, 0.05) is 35.2 Å². The number of nitrogens with one attached hydrogen (secondary N) is 2. The molecule has 0 saturated carbocycles. The lowest BCUT2D eigenvalue weighted by atomic mass is 10.0. The molecular formula is C18H18N6O2. The summed E-state index contributed by atoms with van der Waals surface area (Å²) in [6.45, 7) is 1.51. The highest BCUT2D eigenvalue weighted by Gasteiger charge is 2.19. The summed E-state index contributed by atoms with van der Waals surface area (Å²) in [6, 6.07) is 8.23. The van der Waals surface area contributed by atoms with Crippen LogP contribution in [0.1, 0.15) is 18.1 Å². The van der Waals surface area contributed by atoms with Crippen molar-refractivity contribution in [3.63, 3.8) is 0 Å². The lowest BCUT2D eigenvalue weighted by molar-refractivity contribution is -0.112. The SMILES string of the molecule is CN=C(C#N)/C(C(=O)Nc1ccc(N)c(C(=N)c2ccoc2)c1)=C(/C)N. The minimum Gasteiger partial charge on any atom is -0.472 e. The smallest absolute Gasteiger partial charge is 0.260 e. The molecule has 132 valence electrons. The summed E-state index contributed by atoms with van der Waals surface area (Å²) < 4.78 is 4.99. The Morgan fingerprint density at radius 1 is 1.38 bits per heavy atom. The van der Waals surface area contributed by atoms with Gasteiger partial charge in [0.2, 0.25) is 0 Å². The lowest BCUT2D eigenvalue weighted by Gasteiger charge is -2.12. The van der Waals surface area contributed by atoms with E-state index in [2.05, 4.69) is 10.3 Å². The molecule has 1 aromatic carbocycles. The molecule has 0 radical (unpaired) electrons. The summed E-state index contributed by atoms with van der Waals surface area (Å²) in [5.41, 5.74) is 13.7. The van der Waals surface area contributed by atoms with Gasteiger partial charge in [-0.05, 0) is 31.2 Å². The fourth-order valence-electron chi connectivity index (χ4n) is 2.30. The number of amides is 1. The van der Waals surface area contributed by atoms with Crippen molar-refractivity contribution < 1.29 is 9.21 Å². The van der Waals surface area contributed by atoms with Crippen molar-refractivity contribution in [3.05, 3.63) is 59.2 Å². The van der Waals surface area contributed by atoms with Gasteiger partial charge in [0.1, 0.15) is 11.8 Å². The number of nitrogens with zero attached hydrogens (tertiary/aromatic N) is 2. The molecule has 0 aliphatic heterocycles. The molecule has 1 amide bonds. The van der Waals surface area contributed by atoms with E-state index in [4.69, 9.17) is 26.6 Å². The largest absolute Gasteiger partial charge is 0.472 e. The Balaban J connectivity index is 2.35. The van der Waals surface area contributed by atoms with Crippen LogP contribution < -0.4 is 16.8 Å². The molecule has 0 spiro atoms. The summed E-state index contributed by atoms with van der Waals surface area (Å²) in [4.78, 5) is 16.3. The number of aliphatic imine (C=N–C) groups is 1. The summed E-state index contributed by atoms with van der Waals surface area (Å²) in [5.74, 6) is -0.572. The Kier molecular flexibility index (Phi) is 5.55. The van der Waals surface area contributed by atoms with Crippen LogP contribution in [-0.4, -0.2) is 24.4 Å². The Hall–Kier alpha value is -3.86. The molecule has 1 heterocycles. The molecule has 0 aliphatic carbocycles. The summed E-state index contributed by atoms with van der Waals surface area (Å²) in [6.07, 6.45) is 2.89. The van der Waals surface area contributed by atoms with Crippen LogP contribution in [0, 0.1) is 16.7 Å². The number of carbonyl (C=O) groups is 1. The second-order valence-electron chi connectivity index (χ2n) is 5.39. The van der Waals surface area contributed by atoms with E-state index < -0.39 is 5.91 Å². The number of hydrogen-bond acceptors (Lipinski definition) is 7. The average Bonchev–Trinajstić information content (AvgIpc) is 3.14. The number of rotatable bonds is 5. The van der Waals surface area contributed by atoms with Gasteiger partial charge in [0.05, 0.1) is 23.8 Å². The van der Waals surface area contributed by atoms with E-state index in [1.165, 1.54) is 26.5 Å². The number of nitrogens with two attached hydrogens (primary N) is 2. The van der Waals surface area contributed by atoms with Gasteiger partial charge in [-0.1, -0.05) is 0 Å². The summed E-state index contributed by atoms with van der Waals surface area (Å²) >= 11 is 0. The van der Waals surface area contributed by atoms with Crippen molar-refractivity contribution >= 4 is 28.7 Å². The molecular weight excluding hydrogens is 332 g/mol. The number of nitrogen functional groups attached to an aromatic ring is 1. The normalized spacial score (nSPS) is 12.1. The van der Waals surface area contributed by atoms with E-state index in [1.54, 1.807) is 24.3 Å². The van der Waals surface area contributed by atoms with Crippen LogP contribution >= 0.6 is 0 Å². The van der Waals surface area contributed by atoms with Crippen LogP contribution in [0.4, 0.5) is 11.4 Å². The van der Waals surface area contributed by atoms with Gasteiger partial charge in [-0.25, -0.2) is 0 Å². The van der Waals surface area contributed by atoms with Gasteiger partial charge in [0.25, 0.3) is 5.91 Å². The first-order valence-corrected chi connectivity index (χ1v) is 7.55. The standard InChI is InChI=1S/C18H18N6O2/c1-10(20)16(15(8-19)23-2)18(25)24-12-3-4-14(21)13(7-12)17(22)11-5-6-26-9-11/h3-7,9,22H,20-21H2,1-2H3,(H,24,25)/b16-10+,22-17?,23-15?. The minimum absolute atomic E-state index is 0.00159. The topological polar surface area (TPSA) is 154 Å². The molecule has 2 aromatic rings. The Bertz CT molecular complexity index is 945. The molecule has 8 nitrogen and oxygen atoms in total. The van der Waals surface area contributed by atoms with Crippen molar-refractivity contribution in [3.8, 4) is 6.07 Å². The maximum absolute atomic E-state index is 12.5. The molecule has 0 atom stereocenters. The first-order valence-electron chi connectivity index (χ1n) is 7.55. The van der Waals surface area contributed by atoms with Crippen molar-refractivity contribution in [1.82, 2.24) is 0 Å². The van der Waals surface area contributed by atoms with Crippen molar-refractivity contribution in [2.45, 2.75) is 6.92 Å². The van der Waals surface area contributed by atoms with Crippen LogP contribution in [0.3, 0.4) is 0 Å². The first-order chi connectivity index (χ1) is 12.4. The number of anilines is 2. The molecule has 0 unspecified atom stereocenters. The zero-order valence-corrected chi connectivity index (χ0v) is 14.3. The molecule has 8 heteroatoms. The molecule has 2 rings (SSSR count). The van der Waals surface area contributed by atoms with Gasteiger partial charge < -0.3 is 21.2 Å². The fraction of sp³-hybridized carbons (Fsp3) is 0.111. The van der Waals surface area contributed by atoms with Crippen LogP contribution in [0.5, 0.6) is 0 Å². The molecule has 0 aliphatic rings. The van der Waals surface area contributed by atoms with Gasteiger partial charge in [-0.15, -0.1) is 0 Å². The molecule has 0 fully saturated rings. The third kappa shape index (κ3) is 3.79. The van der Waals surface area contributed by atoms with E-state index in [0.717, 1.165) is 0 Å². The number of furan rings is 1. The van der Waals surface area contributed by atoms with Crippen LogP contribution in [-0.2, 0) is 4.79 Å². The molecule has 0 saturated heterocycles. The van der Waals surface area contributed by atoms with Crippen LogP contribution in [0.15, 0.2) is 57.5 Å². The Morgan fingerprint density at radius 3 is 2.65 bits per heavy atom. The van der Waals surface area contributed by atoms with E-state index in [1.807, 2.05) is 6.07 Å². The average molecular weight is 350 g/mol. The van der Waals surface area contributed by atoms with E-state index in [9.17, 15) is 4.79 Å². The Labute approximate surface area is 150 Å². The predicted octanol–water partition coefficient (Wildman–Crippen LogP) is 2.04. The maximum Gasteiger partial charge on any atom is 0.260 e. The molecule has 1 aromatic heterocycles. The van der Waals surface area contributed by atoms with Crippen molar-refractivity contribution in [2.75, 3.05) is 18.1 Å². The zero-order chi connectivity index (χ0) is 19.3. The number of nitriles is 1. The zero-order valence-electron chi connectivity index (χ0n) is 14.3. The van der Waals surface area contributed by atoms with Gasteiger partial charge >= 0.3 is 0 Å². The third-order valence-corrected chi connectivity index (χ3v) is 3.58. The monoisotopic (exact) mass is 350 g/mol. The highest BCUT2D eigenvalue weighted by atomic mass is 16.3. The van der Waals surface area contributed by atoms with Crippen LogP contribution in [0.25, 0.3) is 0 Å². The lowest BCUT2D eigenvalue weighted by Crippen LogP contribution is -2.23. The van der Waals surface area contributed by atoms with E-state index in [0.29, 0.717) is 22.5 Å². The highest BCUT2D eigenvalue weighted by Crippen LogP contribution is 2.22.